The third kappa shape index (κ3) is 3.54. The lowest BCUT2D eigenvalue weighted by Gasteiger charge is -2.09. The van der Waals surface area contributed by atoms with E-state index in [-0.39, 0.29) is 5.43 Å². The molecule has 4 rings (SSSR count). The first-order valence-electron chi connectivity index (χ1n) is 8.96. The van der Waals surface area contributed by atoms with Gasteiger partial charge in [0.15, 0.2) is 0 Å². The van der Waals surface area contributed by atoms with E-state index in [0.29, 0.717) is 38.7 Å². The molecule has 0 saturated heterocycles. The summed E-state index contributed by atoms with van der Waals surface area (Å²) in [4.78, 5) is 26.0. The van der Waals surface area contributed by atoms with Crippen LogP contribution < -0.4 is 14.9 Å². The van der Waals surface area contributed by atoms with Crippen LogP contribution in [-0.4, -0.2) is 13.1 Å². The Labute approximate surface area is 171 Å². The number of methoxy groups -OCH3 is 1. The van der Waals surface area contributed by atoms with Crippen molar-refractivity contribution in [2.75, 3.05) is 7.11 Å². The molecule has 2 heterocycles. The van der Waals surface area contributed by atoms with E-state index < -0.39 is 5.97 Å². The van der Waals surface area contributed by atoms with E-state index in [0.717, 1.165) is 11.1 Å². The molecule has 5 nitrogen and oxygen atoms in total. The lowest BCUT2D eigenvalue weighted by molar-refractivity contribution is 0.0739. The van der Waals surface area contributed by atoms with Gasteiger partial charge in [-0.25, -0.2) is 4.79 Å². The van der Waals surface area contributed by atoms with Crippen molar-refractivity contribution in [1.29, 1.82) is 0 Å². The summed E-state index contributed by atoms with van der Waals surface area (Å²) in [6, 6.07) is 13.9. The van der Waals surface area contributed by atoms with Gasteiger partial charge < -0.3 is 13.9 Å². The fourth-order valence-electron chi connectivity index (χ4n) is 3.18. The molecular weight excluding hydrogens is 388 g/mol. The molecule has 2 aromatic heterocycles. The van der Waals surface area contributed by atoms with Gasteiger partial charge in [0.05, 0.1) is 18.1 Å². The molecule has 0 unspecified atom stereocenters. The second-order valence-electron chi connectivity index (χ2n) is 6.57. The maximum atomic E-state index is 13.1. The molecule has 0 saturated carbocycles. The minimum absolute atomic E-state index is 0.138. The number of hydrogen-bond acceptors (Lipinski definition) is 6. The Bertz CT molecular complexity index is 1260. The Balaban J connectivity index is 1.72. The fourth-order valence-corrected chi connectivity index (χ4v) is 3.98. The topological polar surface area (TPSA) is 65.7 Å². The molecule has 0 radical (unpaired) electrons. The Kier molecular flexibility index (Phi) is 4.94. The number of aryl methyl sites for hydroxylation is 2. The Hall–Kier alpha value is -3.38. The van der Waals surface area contributed by atoms with E-state index in [2.05, 4.69) is 0 Å². The van der Waals surface area contributed by atoms with E-state index in [1.807, 2.05) is 30.5 Å². The van der Waals surface area contributed by atoms with Crippen LogP contribution in [0.3, 0.4) is 0 Å². The van der Waals surface area contributed by atoms with Crippen LogP contribution in [0.25, 0.3) is 22.1 Å². The van der Waals surface area contributed by atoms with Crippen molar-refractivity contribution in [3.8, 4) is 22.6 Å². The van der Waals surface area contributed by atoms with Crippen LogP contribution in [0.2, 0.25) is 0 Å². The summed E-state index contributed by atoms with van der Waals surface area (Å²) in [5.74, 6) is 1.11. The zero-order valence-electron chi connectivity index (χ0n) is 16.1. The molecule has 0 fully saturated rings. The summed E-state index contributed by atoms with van der Waals surface area (Å²) < 4.78 is 16.5. The molecule has 29 heavy (non-hydrogen) atoms. The van der Waals surface area contributed by atoms with Gasteiger partial charge in [-0.1, -0.05) is 12.1 Å². The molecule has 4 aromatic rings. The monoisotopic (exact) mass is 406 g/mol. The molecule has 2 aromatic carbocycles. The first-order chi connectivity index (χ1) is 14.0. The summed E-state index contributed by atoms with van der Waals surface area (Å²) in [5.41, 5.74) is 2.35. The third-order valence-corrected chi connectivity index (χ3v) is 5.67. The maximum Gasteiger partial charge on any atom is 0.353 e. The second kappa shape index (κ2) is 7.56. The van der Waals surface area contributed by atoms with Gasteiger partial charge in [0.2, 0.25) is 5.43 Å². The van der Waals surface area contributed by atoms with Crippen LogP contribution in [-0.2, 0) is 0 Å². The second-order valence-corrected chi connectivity index (χ2v) is 7.49. The van der Waals surface area contributed by atoms with Gasteiger partial charge in [0, 0.05) is 6.07 Å². The van der Waals surface area contributed by atoms with Gasteiger partial charge in [-0.15, -0.1) is 11.3 Å². The predicted molar refractivity (Wildman–Crippen MR) is 113 cm³/mol. The van der Waals surface area contributed by atoms with Gasteiger partial charge in [0.25, 0.3) is 0 Å². The van der Waals surface area contributed by atoms with Crippen LogP contribution in [0, 0.1) is 13.8 Å². The van der Waals surface area contributed by atoms with Crippen molar-refractivity contribution in [3.63, 3.8) is 0 Å². The van der Waals surface area contributed by atoms with Crippen molar-refractivity contribution in [1.82, 2.24) is 0 Å². The number of fused-ring (bicyclic) bond motifs is 1. The SMILES string of the molecule is COc1ccc(-c2c(C)oc3cc(OC(=O)c4sccc4C)ccc3c2=O)cc1. The smallest absolute Gasteiger partial charge is 0.353 e. The van der Waals surface area contributed by atoms with Crippen molar-refractivity contribution >= 4 is 28.3 Å². The largest absolute Gasteiger partial charge is 0.497 e. The van der Waals surface area contributed by atoms with Crippen molar-refractivity contribution in [2.45, 2.75) is 13.8 Å². The van der Waals surface area contributed by atoms with Gasteiger partial charge >= 0.3 is 5.97 Å². The zero-order valence-corrected chi connectivity index (χ0v) is 17.0. The number of hydrogen-bond donors (Lipinski definition) is 0. The number of carbonyl (C=O) groups excluding carboxylic acids is 1. The van der Waals surface area contributed by atoms with E-state index >= 15 is 0 Å². The lowest BCUT2D eigenvalue weighted by Crippen LogP contribution is -2.09. The number of esters is 1. The van der Waals surface area contributed by atoms with Crippen molar-refractivity contribution < 1.29 is 18.7 Å². The maximum absolute atomic E-state index is 13.1. The summed E-state index contributed by atoms with van der Waals surface area (Å²) in [7, 11) is 1.59. The summed E-state index contributed by atoms with van der Waals surface area (Å²) in [6.07, 6.45) is 0. The standard InChI is InChI=1S/C23H18O5S/c1-13-10-11-29-22(13)23(25)28-17-8-9-18-19(12-17)27-14(2)20(21(18)24)15-4-6-16(26-3)7-5-15/h4-12H,1-3H3. The highest BCUT2D eigenvalue weighted by molar-refractivity contribution is 7.12. The molecule has 0 amide bonds. The number of thiophene rings is 1. The van der Waals surface area contributed by atoms with Crippen LogP contribution in [0.5, 0.6) is 11.5 Å². The fraction of sp³-hybridized carbons (Fsp3) is 0.130. The van der Waals surface area contributed by atoms with Crippen molar-refractivity contribution in [3.05, 3.63) is 80.3 Å². The highest BCUT2D eigenvalue weighted by Gasteiger charge is 2.17. The number of ether oxygens (including phenoxy) is 2. The molecule has 0 aliphatic heterocycles. The van der Waals surface area contributed by atoms with Crippen LogP contribution >= 0.6 is 11.3 Å². The van der Waals surface area contributed by atoms with Gasteiger partial charge in [-0.05, 0) is 60.7 Å². The minimum Gasteiger partial charge on any atom is -0.497 e. The molecule has 0 aliphatic rings. The lowest BCUT2D eigenvalue weighted by atomic mass is 10.0. The Morgan fingerprint density at radius 3 is 2.38 bits per heavy atom. The summed E-state index contributed by atoms with van der Waals surface area (Å²) in [6.45, 7) is 3.60. The third-order valence-electron chi connectivity index (χ3n) is 4.68. The van der Waals surface area contributed by atoms with E-state index in [4.69, 9.17) is 13.9 Å². The first-order valence-corrected chi connectivity index (χ1v) is 9.84. The van der Waals surface area contributed by atoms with Crippen LogP contribution in [0.15, 0.2) is 63.1 Å². The van der Waals surface area contributed by atoms with Crippen LogP contribution in [0.1, 0.15) is 21.0 Å². The Morgan fingerprint density at radius 1 is 1.00 bits per heavy atom. The normalized spacial score (nSPS) is 10.9. The minimum atomic E-state index is -0.425. The van der Waals surface area contributed by atoms with Gasteiger partial charge in [-0.3, -0.25) is 4.79 Å². The number of rotatable bonds is 4. The average molecular weight is 406 g/mol. The highest BCUT2D eigenvalue weighted by Crippen LogP contribution is 2.28. The highest BCUT2D eigenvalue weighted by atomic mass is 32.1. The number of benzene rings is 2. The molecule has 6 heteroatoms. The quantitative estimate of drug-likeness (QED) is 0.337. The molecule has 0 bridgehead atoms. The molecule has 0 atom stereocenters. The van der Waals surface area contributed by atoms with Gasteiger partial charge in [-0.2, -0.15) is 0 Å². The summed E-state index contributed by atoms with van der Waals surface area (Å²) >= 11 is 1.33. The van der Waals surface area contributed by atoms with E-state index in [1.165, 1.54) is 11.3 Å². The predicted octanol–water partition coefficient (Wildman–Crippen LogP) is 5.37. The average Bonchev–Trinajstić information content (AvgIpc) is 3.14. The van der Waals surface area contributed by atoms with E-state index in [1.54, 1.807) is 44.4 Å². The van der Waals surface area contributed by atoms with Gasteiger partial charge in [0.1, 0.15) is 27.7 Å². The first kappa shape index (κ1) is 19.0. The zero-order chi connectivity index (χ0) is 20.5. The number of carbonyl (C=O) groups is 1. The Morgan fingerprint density at radius 2 is 1.72 bits per heavy atom. The molecule has 0 aliphatic carbocycles. The van der Waals surface area contributed by atoms with E-state index in [9.17, 15) is 9.59 Å². The van der Waals surface area contributed by atoms with Crippen LogP contribution in [0.4, 0.5) is 0 Å². The molecule has 0 N–H and O–H groups in total. The summed E-state index contributed by atoms with van der Waals surface area (Å²) in [5, 5.41) is 2.27. The molecule has 0 spiro atoms. The molecular formula is C23H18O5S. The molecule has 146 valence electrons. The van der Waals surface area contributed by atoms with Crippen molar-refractivity contribution in [2.24, 2.45) is 0 Å².